The summed E-state index contributed by atoms with van der Waals surface area (Å²) in [7, 11) is -4.34. The number of sulfonamides is 1. The van der Waals surface area contributed by atoms with Crippen LogP contribution in [0, 0.1) is 11.3 Å². The molecule has 0 saturated carbocycles. The average molecular weight is 748 g/mol. The molecule has 3 rings (SSSR count). The normalized spacial score (nSPS) is 16.5. The van der Waals surface area contributed by atoms with E-state index in [0.29, 0.717) is 6.42 Å². The zero-order valence-corrected chi connectivity index (χ0v) is 30.6. The Hall–Kier alpha value is -5.13. The van der Waals surface area contributed by atoms with Gasteiger partial charge in [0.1, 0.15) is 18.7 Å². The second-order valence-corrected chi connectivity index (χ2v) is 15.5. The van der Waals surface area contributed by atoms with Gasteiger partial charge in [0.05, 0.1) is 23.5 Å². The molecule has 2 heterocycles. The van der Waals surface area contributed by atoms with E-state index in [0.717, 1.165) is 28.0 Å². The fourth-order valence-electron chi connectivity index (χ4n) is 5.43. The fourth-order valence-corrected chi connectivity index (χ4v) is 6.64. The monoisotopic (exact) mass is 747 g/mol. The van der Waals surface area contributed by atoms with Gasteiger partial charge in [0.15, 0.2) is 0 Å². The van der Waals surface area contributed by atoms with Crippen molar-refractivity contribution in [3.8, 4) is 0 Å². The standard InChI is InChI=1S/C34H45N5O12S/c1-21(2)18-25(30(44)35-20-29(43)37-14-7-10-24(37)31(45)46)38(28(42)13-15-39-26(40)11-12-27(39)41)16-17-51-32(47)22-8-6-9-23(19-22)52(49,50)36-33(48)34(3,4)5/h6,8-9,11-12,19,21,24-25H,7,10,13-18,20H2,1-5H3,(H,35,44)(H,36,48)(H,45,46)/t24-,25-/m0/s1. The van der Waals surface area contributed by atoms with Gasteiger partial charge < -0.3 is 25.0 Å². The van der Waals surface area contributed by atoms with Crippen molar-refractivity contribution >= 4 is 57.4 Å². The minimum Gasteiger partial charge on any atom is -0.480 e. The topological polar surface area (TPSA) is 234 Å². The number of nitrogens with zero attached hydrogens (tertiary/aromatic N) is 3. The molecule has 0 bridgehead atoms. The van der Waals surface area contributed by atoms with Crippen molar-refractivity contribution in [1.29, 1.82) is 0 Å². The number of amides is 6. The molecule has 0 aliphatic carbocycles. The second kappa shape index (κ2) is 17.4. The molecule has 1 fully saturated rings. The van der Waals surface area contributed by atoms with E-state index in [1.165, 1.54) is 43.9 Å². The number of rotatable bonds is 16. The summed E-state index contributed by atoms with van der Waals surface area (Å²) in [5.41, 5.74) is -1.19. The molecule has 0 aromatic heterocycles. The molecule has 1 aromatic carbocycles. The van der Waals surface area contributed by atoms with Crippen molar-refractivity contribution in [3.05, 3.63) is 42.0 Å². The summed E-state index contributed by atoms with van der Waals surface area (Å²) in [5.74, 6) is -6.32. The SMILES string of the molecule is CC(C)C[C@@H](C(=O)NCC(=O)N1CCC[C@H]1C(=O)O)N(CCOC(=O)c1cccc(S(=O)(=O)NC(=O)C(C)(C)C)c1)C(=O)CCN1C(=O)C=CC1=O. The van der Waals surface area contributed by atoms with Crippen LogP contribution < -0.4 is 10.0 Å². The minimum absolute atomic E-state index is 0.0878. The first kappa shape index (κ1) is 41.3. The van der Waals surface area contributed by atoms with Crippen LogP contribution in [0.4, 0.5) is 0 Å². The van der Waals surface area contributed by atoms with Gasteiger partial charge in [0.25, 0.3) is 21.8 Å². The number of carboxylic acid groups (broad SMARTS) is 1. The molecular formula is C34H45N5O12S. The third kappa shape index (κ3) is 10.9. The summed E-state index contributed by atoms with van der Waals surface area (Å²) in [6.07, 6.45) is 2.58. The van der Waals surface area contributed by atoms with Crippen molar-refractivity contribution in [3.63, 3.8) is 0 Å². The first-order valence-corrected chi connectivity index (χ1v) is 18.2. The van der Waals surface area contributed by atoms with Crippen molar-refractivity contribution in [2.45, 2.75) is 77.3 Å². The molecule has 17 nitrogen and oxygen atoms in total. The molecule has 284 valence electrons. The van der Waals surface area contributed by atoms with E-state index in [1.807, 2.05) is 4.72 Å². The van der Waals surface area contributed by atoms with Crippen LogP contribution in [0.2, 0.25) is 0 Å². The van der Waals surface area contributed by atoms with Crippen LogP contribution in [0.1, 0.15) is 70.7 Å². The molecule has 2 atom stereocenters. The Morgan fingerprint density at radius 3 is 2.31 bits per heavy atom. The predicted molar refractivity (Wildman–Crippen MR) is 182 cm³/mol. The van der Waals surface area contributed by atoms with Crippen molar-refractivity contribution in [2.75, 3.05) is 32.8 Å². The quantitative estimate of drug-likeness (QED) is 0.155. The maximum absolute atomic E-state index is 13.7. The summed E-state index contributed by atoms with van der Waals surface area (Å²) in [6.45, 7) is 6.71. The van der Waals surface area contributed by atoms with Gasteiger partial charge >= 0.3 is 11.9 Å². The summed E-state index contributed by atoms with van der Waals surface area (Å²) >= 11 is 0. The lowest BCUT2D eigenvalue weighted by Crippen LogP contribution is -2.54. The van der Waals surface area contributed by atoms with Gasteiger partial charge in [0.2, 0.25) is 23.6 Å². The molecule has 2 aliphatic heterocycles. The highest BCUT2D eigenvalue weighted by atomic mass is 32.2. The Balaban J connectivity index is 1.78. The first-order valence-electron chi connectivity index (χ1n) is 16.7. The third-order valence-electron chi connectivity index (χ3n) is 8.27. The zero-order valence-electron chi connectivity index (χ0n) is 29.7. The smallest absolute Gasteiger partial charge is 0.338 e. The molecule has 3 N–H and O–H groups in total. The van der Waals surface area contributed by atoms with E-state index >= 15 is 0 Å². The number of hydrogen-bond acceptors (Lipinski definition) is 11. The Bertz CT molecular complexity index is 1720. The number of carbonyl (C=O) groups excluding carboxylic acids is 7. The van der Waals surface area contributed by atoms with E-state index in [-0.39, 0.29) is 55.3 Å². The summed E-state index contributed by atoms with van der Waals surface area (Å²) in [5, 5.41) is 11.9. The number of benzene rings is 1. The first-order chi connectivity index (χ1) is 24.2. The number of likely N-dealkylation sites (tertiary alicyclic amines) is 1. The second-order valence-electron chi connectivity index (χ2n) is 13.8. The Morgan fingerprint density at radius 1 is 1.06 bits per heavy atom. The molecule has 0 spiro atoms. The molecule has 2 aliphatic rings. The van der Waals surface area contributed by atoms with Crippen molar-refractivity contribution < 1.29 is 56.6 Å². The third-order valence-corrected chi connectivity index (χ3v) is 9.60. The molecule has 0 radical (unpaired) electrons. The maximum atomic E-state index is 13.7. The molecule has 1 saturated heterocycles. The lowest BCUT2D eigenvalue weighted by atomic mass is 9.96. The van der Waals surface area contributed by atoms with Gasteiger partial charge in [-0.1, -0.05) is 40.7 Å². The number of esters is 1. The van der Waals surface area contributed by atoms with Crippen LogP contribution in [0.25, 0.3) is 0 Å². The van der Waals surface area contributed by atoms with Gasteiger partial charge in [-0.05, 0) is 43.4 Å². The van der Waals surface area contributed by atoms with E-state index in [4.69, 9.17) is 4.74 Å². The average Bonchev–Trinajstić information content (AvgIpc) is 3.69. The van der Waals surface area contributed by atoms with E-state index in [1.54, 1.807) is 13.8 Å². The lowest BCUT2D eigenvalue weighted by molar-refractivity contribution is -0.148. The predicted octanol–water partition coefficient (Wildman–Crippen LogP) is 0.445. The van der Waals surface area contributed by atoms with Gasteiger partial charge in [0, 0.05) is 37.1 Å². The summed E-state index contributed by atoms with van der Waals surface area (Å²) in [4.78, 5) is 104. The lowest BCUT2D eigenvalue weighted by Gasteiger charge is -2.32. The highest BCUT2D eigenvalue weighted by Gasteiger charge is 2.36. The Kier molecular flexibility index (Phi) is 13.8. The highest BCUT2D eigenvalue weighted by molar-refractivity contribution is 7.90. The number of nitrogens with one attached hydrogen (secondary N) is 2. The van der Waals surface area contributed by atoms with E-state index in [9.17, 15) is 51.9 Å². The van der Waals surface area contributed by atoms with Gasteiger partial charge in [-0.3, -0.25) is 33.7 Å². The summed E-state index contributed by atoms with van der Waals surface area (Å²) in [6, 6.07) is 2.54. The van der Waals surface area contributed by atoms with Crippen LogP contribution in [0.5, 0.6) is 0 Å². The Morgan fingerprint density at radius 2 is 1.71 bits per heavy atom. The van der Waals surface area contributed by atoms with E-state index in [2.05, 4.69) is 5.32 Å². The number of imide groups is 1. The molecule has 1 aromatic rings. The zero-order chi connectivity index (χ0) is 39.0. The van der Waals surface area contributed by atoms with Crippen LogP contribution in [-0.2, 0) is 48.3 Å². The van der Waals surface area contributed by atoms with Crippen LogP contribution >= 0.6 is 0 Å². The maximum Gasteiger partial charge on any atom is 0.338 e. The molecule has 52 heavy (non-hydrogen) atoms. The number of carbonyl (C=O) groups is 8. The molecule has 6 amide bonds. The van der Waals surface area contributed by atoms with Crippen molar-refractivity contribution in [1.82, 2.24) is 24.7 Å². The van der Waals surface area contributed by atoms with Gasteiger partial charge in [-0.15, -0.1) is 0 Å². The van der Waals surface area contributed by atoms with Gasteiger partial charge in [-0.2, -0.15) is 0 Å². The summed E-state index contributed by atoms with van der Waals surface area (Å²) < 4.78 is 33.0. The fraction of sp³-hybridized carbons (Fsp3) is 0.529. The van der Waals surface area contributed by atoms with E-state index < -0.39 is 88.1 Å². The molecular weight excluding hydrogens is 702 g/mol. The molecule has 0 unspecified atom stereocenters. The molecule has 18 heteroatoms. The van der Waals surface area contributed by atoms with Crippen molar-refractivity contribution in [2.24, 2.45) is 11.3 Å². The number of hydrogen-bond donors (Lipinski definition) is 3. The Labute approximate surface area is 301 Å². The van der Waals surface area contributed by atoms with Crippen LogP contribution in [0.3, 0.4) is 0 Å². The van der Waals surface area contributed by atoms with Crippen LogP contribution in [0.15, 0.2) is 41.3 Å². The number of carboxylic acids is 1. The van der Waals surface area contributed by atoms with Gasteiger partial charge in [-0.25, -0.2) is 22.7 Å². The number of ether oxygens (including phenoxy) is 1. The minimum atomic E-state index is -4.34. The van der Waals surface area contributed by atoms with Crippen LogP contribution in [-0.4, -0.2) is 120 Å². The highest BCUT2D eigenvalue weighted by Crippen LogP contribution is 2.20. The number of aliphatic carboxylic acids is 1. The largest absolute Gasteiger partial charge is 0.480 e.